The van der Waals surface area contributed by atoms with Crippen LogP contribution in [0.1, 0.15) is 158 Å². The Morgan fingerprint density at radius 2 is 1.06 bits per heavy atom. The van der Waals surface area contributed by atoms with Crippen molar-refractivity contribution in [2.75, 3.05) is 53.7 Å². The molecule has 7 atom stereocenters. The molecule has 508 valence electrons. The number of carbonyl (C=O) groups excluding carboxylic acids is 8. The van der Waals surface area contributed by atoms with E-state index in [1.807, 2.05) is 55.5 Å². The third-order valence-electron chi connectivity index (χ3n) is 19.0. The molecule has 1 spiro atoms. The van der Waals surface area contributed by atoms with Crippen LogP contribution in [0.25, 0.3) is 22.3 Å². The van der Waals surface area contributed by atoms with Crippen molar-refractivity contribution in [2.45, 2.75) is 166 Å². The van der Waals surface area contributed by atoms with Gasteiger partial charge >= 0.3 is 24.1 Å². The van der Waals surface area contributed by atoms with Crippen molar-refractivity contribution in [3.63, 3.8) is 0 Å². The van der Waals surface area contributed by atoms with Crippen LogP contribution in [-0.4, -0.2) is 157 Å². The summed E-state index contributed by atoms with van der Waals surface area (Å²) >= 11 is 5.02. The van der Waals surface area contributed by atoms with Crippen molar-refractivity contribution < 1.29 is 76.8 Å². The van der Waals surface area contributed by atoms with Gasteiger partial charge in [-0.15, -0.1) is 0 Å². The number of halogens is 1. The summed E-state index contributed by atoms with van der Waals surface area (Å²) in [7, 11) is 3.08. The smallest absolute Gasteiger partial charge is 0.410 e. The average Bonchev–Trinajstić information content (AvgIpc) is 1.63. The van der Waals surface area contributed by atoms with E-state index in [2.05, 4.69) is 77.1 Å². The van der Waals surface area contributed by atoms with Crippen LogP contribution in [-0.2, 0) is 62.0 Å². The number of amides is 2. The molecule has 0 bridgehead atoms. The van der Waals surface area contributed by atoms with Gasteiger partial charge in [0.25, 0.3) is 5.17 Å². The zero-order chi connectivity index (χ0) is 67.9. The summed E-state index contributed by atoms with van der Waals surface area (Å²) in [5, 5.41) is 13.8. The third-order valence-corrected chi connectivity index (χ3v) is 19.3. The minimum atomic E-state index is -1.06. The molecule has 2 unspecified atom stereocenters. The predicted molar refractivity (Wildman–Crippen MR) is 356 cm³/mol. The van der Waals surface area contributed by atoms with Gasteiger partial charge in [0.05, 0.1) is 31.8 Å². The molecule has 95 heavy (non-hydrogen) atoms. The van der Waals surface area contributed by atoms with Gasteiger partial charge in [0, 0.05) is 71.1 Å². The van der Waals surface area contributed by atoms with Crippen LogP contribution in [0.15, 0.2) is 120 Å². The van der Waals surface area contributed by atoms with E-state index >= 15 is 0 Å². The van der Waals surface area contributed by atoms with E-state index in [0.29, 0.717) is 44.1 Å². The Bertz CT molecular complexity index is 3430. The van der Waals surface area contributed by atoms with Crippen LogP contribution in [0, 0.1) is 23.7 Å². The Morgan fingerprint density at radius 3 is 1.47 bits per heavy atom. The Labute approximate surface area is 561 Å². The molecule has 1 N–H and O–H groups in total. The zero-order valence-electron chi connectivity index (χ0n) is 55.3. The molecule has 4 aromatic rings. The first kappa shape index (κ1) is 71.2. The van der Waals surface area contributed by atoms with Crippen LogP contribution in [0.5, 0.6) is 0 Å². The second-order valence-corrected chi connectivity index (χ2v) is 26.2. The molecule has 7 aliphatic rings. The number of ketones is 4. The lowest BCUT2D eigenvalue weighted by Crippen LogP contribution is -2.43. The molecule has 11 rings (SSSR count). The maximum atomic E-state index is 14.2. The highest BCUT2D eigenvalue weighted by atomic mass is 35.5. The number of hydrogen-bond acceptors (Lipinski definition) is 18. The molecule has 4 aromatic carbocycles. The fourth-order valence-corrected chi connectivity index (χ4v) is 14.3. The number of oxime groups is 2. The Morgan fingerprint density at radius 1 is 0.632 bits per heavy atom. The van der Waals surface area contributed by atoms with Gasteiger partial charge in [-0.2, -0.15) is 0 Å². The first-order chi connectivity index (χ1) is 45.9. The molecule has 20 nitrogen and oxygen atoms in total. The van der Waals surface area contributed by atoms with E-state index in [-0.39, 0.29) is 111 Å². The molecule has 3 aliphatic heterocycles. The topological polar surface area (TPSA) is 253 Å². The first-order valence-corrected chi connectivity index (χ1v) is 33.8. The van der Waals surface area contributed by atoms with Crippen LogP contribution in [0.2, 0.25) is 0 Å². The molecule has 4 fully saturated rings. The number of fused-ring (bicyclic) bond motifs is 6. The van der Waals surface area contributed by atoms with Crippen LogP contribution < -0.4 is 0 Å². The summed E-state index contributed by atoms with van der Waals surface area (Å²) < 4.78 is 32.7. The minimum Gasteiger partial charge on any atom is -0.461 e. The normalized spacial score (nSPS) is 20.4. The first-order valence-electron chi connectivity index (χ1n) is 33.4. The third kappa shape index (κ3) is 17.3. The van der Waals surface area contributed by atoms with Gasteiger partial charge in [0.15, 0.2) is 34.4 Å². The number of Topliss-reactive ketones (excluding diaryl/α,β-unsaturated/α-hetero) is 4. The summed E-state index contributed by atoms with van der Waals surface area (Å²) in [4.78, 5) is 113. The van der Waals surface area contributed by atoms with E-state index in [9.17, 15) is 38.4 Å². The molecule has 0 radical (unpaired) electrons. The second-order valence-electron chi connectivity index (χ2n) is 25.9. The van der Waals surface area contributed by atoms with Crippen LogP contribution in [0.4, 0.5) is 9.59 Å². The summed E-state index contributed by atoms with van der Waals surface area (Å²) in [6, 6.07) is 31.1. The summed E-state index contributed by atoms with van der Waals surface area (Å²) in [5.74, 6) is -1.35. The van der Waals surface area contributed by atoms with Gasteiger partial charge < -0.3 is 38.5 Å². The van der Waals surface area contributed by atoms with Crippen molar-refractivity contribution in [3.8, 4) is 22.3 Å². The SMILES string of the molecule is C=C1C[C@@H](C(=O)C[C@@H](CCC)C(OC)C(=O)CC2CC2)N(C(=O)OCC2c3ccccc3-c3ccccc32)C1.CCC[C@H](CC(=O)[C@@H]1C[C@]2(CC(C(=O)OCC)=NO2)CN1C(=O)OCC1c2ccccc2-c2ccccc21)C(OC)C(=O)CC1CC1.CCOC(=O)/C(Cl)=N/O. The van der Waals surface area contributed by atoms with Crippen molar-refractivity contribution in [2.24, 2.45) is 34.0 Å². The number of ether oxygens (including phenoxy) is 6. The highest BCUT2D eigenvalue weighted by Crippen LogP contribution is 2.47. The monoisotopic (exact) mass is 1320 g/mol. The fourth-order valence-electron chi connectivity index (χ4n) is 14.2. The lowest BCUT2D eigenvalue weighted by molar-refractivity contribution is -0.136. The lowest BCUT2D eigenvalue weighted by atomic mass is 9.85. The molecule has 0 aromatic heterocycles. The van der Waals surface area contributed by atoms with E-state index in [0.717, 1.165) is 83.9 Å². The summed E-state index contributed by atoms with van der Waals surface area (Å²) in [6.45, 7) is 12.5. The van der Waals surface area contributed by atoms with Gasteiger partial charge in [0.2, 0.25) is 0 Å². The molecule has 2 saturated heterocycles. The largest absolute Gasteiger partial charge is 0.461 e. The van der Waals surface area contributed by atoms with Crippen molar-refractivity contribution in [3.05, 3.63) is 131 Å². The number of nitrogens with zero attached hydrogens (tertiary/aromatic N) is 4. The maximum absolute atomic E-state index is 14.2. The molecule has 2 saturated carbocycles. The summed E-state index contributed by atoms with van der Waals surface area (Å²) in [6.07, 6.45) is 6.84. The van der Waals surface area contributed by atoms with Gasteiger partial charge in [-0.1, -0.05) is 158 Å². The van der Waals surface area contributed by atoms with E-state index in [4.69, 9.17) is 45.3 Å². The van der Waals surface area contributed by atoms with E-state index in [1.54, 1.807) is 21.0 Å². The standard InChI is InChI=1S/C37H44N2O8.C33H39NO5.C4H6ClNO3/c1-4-10-24(34(44-3)33(41)17-23-15-16-23)18-32(40)31-20-37(19-30(38-47-37)35(42)45-5-2)22-39(31)36(43)46-21-29-27-13-8-6-11-25(27)26-12-7-9-14-28(26)29;1-4-9-23(32(38-3)31(36)17-22-14-15-22)18-30(35)29-16-21(2)19-34(29)33(37)39-20-28-26-12-7-5-10-24(26)25-11-6-8-13-27(25)28;1-2-9-4(7)3(5)6-8/h6-9,11-14,23-24,29,31,34H,4-5,10,15-22H2,1-3H3;5-8,10-13,22-23,28-29,32H,2,4,9,14-20H2,1,3H3;8H,2H2,1H3/b;;6-3-/t24-,31+,34?,37-;23-,29+,32?;/m11./s1. The molecule has 3 heterocycles. The van der Waals surface area contributed by atoms with Gasteiger partial charge in [0.1, 0.15) is 25.4 Å². The molecule has 21 heteroatoms. The van der Waals surface area contributed by atoms with E-state index < -0.39 is 59.2 Å². The van der Waals surface area contributed by atoms with Crippen molar-refractivity contribution in [1.82, 2.24) is 9.80 Å². The fraction of sp³-hybridized carbons (Fsp3) is 0.514. The zero-order valence-corrected chi connectivity index (χ0v) is 56.1. The van der Waals surface area contributed by atoms with Gasteiger partial charge in [-0.05, 0) is 127 Å². The van der Waals surface area contributed by atoms with E-state index in [1.165, 1.54) is 28.0 Å². The molecule has 4 aliphatic carbocycles. The highest BCUT2D eigenvalue weighted by molar-refractivity contribution is 6.81. The van der Waals surface area contributed by atoms with Gasteiger partial charge in [-0.3, -0.25) is 29.0 Å². The highest BCUT2D eigenvalue weighted by Gasteiger charge is 2.56. The Kier molecular flexibility index (Phi) is 24.8. The van der Waals surface area contributed by atoms with Crippen molar-refractivity contribution >= 4 is 69.7 Å². The van der Waals surface area contributed by atoms with Crippen LogP contribution in [0.3, 0.4) is 0 Å². The molecular formula is C74H89ClN4O16. The number of esters is 2. The van der Waals surface area contributed by atoms with Crippen molar-refractivity contribution in [1.29, 1.82) is 0 Å². The second kappa shape index (κ2) is 33.1. The Balaban J connectivity index is 0.000000200. The maximum Gasteiger partial charge on any atom is 0.410 e. The number of rotatable bonds is 28. The molecular weight excluding hydrogens is 1240 g/mol. The number of benzene rings is 4. The molecule has 2 amide bonds. The minimum absolute atomic E-state index is 0.0270. The number of carbonyl (C=O) groups is 8. The quantitative estimate of drug-likeness (QED) is 0.0138. The lowest BCUT2D eigenvalue weighted by Gasteiger charge is -2.28. The Hall–Kier alpha value is -8.07. The van der Waals surface area contributed by atoms with Crippen LogP contribution >= 0.6 is 11.6 Å². The average molecular weight is 1330 g/mol. The summed E-state index contributed by atoms with van der Waals surface area (Å²) in [5.41, 5.74) is 8.94. The number of methoxy groups -OCH3 is 2. The number of hydrogen-bond donors (Lipinski definition) is 1. The predicted octanol–water partition coefficient (Wildman–Crippen LogP) is 12.7. The number of likely N-dealkylation sites (tertiary alicyclic amines) is 2. The van der Waals surface area contributed by atoms with Gasteiger partial charge in [-0.25, -0.2) is 19.2 Å².